The Balaban J connectivity index is 1.82. The predicted octanol–water partition coefficient (Wildman–Crippen LogP) is 2.73. The van der Waals surface area contributed by atoms with Gasteiger partial charge in [0, 0.05) is 5.92 Å². The molecule has 0 unspecified atom stereocenters. The lowest BCUT2D eigenvalue weighted by molar-refractivity contribution is -0.140. The van der Waals surface area contributed by atoms with Crippen LogP contribution in [0.4, 0.5) is 4.79 Å². The van der Waals surface area contributed by atoms with Gasteiger partial charge in [0.2, 0.25) is 0 Å². The van der Waals surface area contributed by atoms with Crippen molar-refractivity contribution >= 4 is 12.1 Å². The zero-order valence-electron chi connectivity index (χ0n) is 13.5. The number of nitrogens with one attached hydrogen (secondary N) is 1. The maximum absolute atomic E-state index is 12.1. The molecule has 2 fully saturated rings. The highest BCUT2D eigenvalue weighted by Crippen LogP contribution is 2.28. The van der Waals surface area contributed by atoms with Gasteiger partial charge in [0.05, 0.1) is 13.2 Å². The van der Waals surface area contributed by atoms with Crippen LogP contribution in [0.3, 0.4) is 0 Å². The zero-order chi connectivity index (χ0) is 16.7. The molecule has 0 spiro atoms. The largest absolute Gasteiger partial charge is 0.480 e. The number of carbonyl (C=O) groups is 2. The van der Waals surface area contributed by atoms with E-state index in [0.717, 1.165) is 44.9 Å². The lowest BCUT2D eigenvalue weighted by atomic mass is 9.98. The minimum absolute atomic E-state index is 0.00302. The molecule has 0 aromatic carbocycles. The quantitative estimate of drug-likeness (QED) is 0.529. The van der Waals surface area contributed by atoms with Gasteiger partial charge >= 0.3 is 12.1 Å². The molecule has 3 atom stereocenters. The molecule has 1 saturated carbocycles. The normalized spacial score (nSPS) is 25.9. The van der Waals surface area contributed by atoms with Crippen LogP contribution in [-0.2, 0) is 14.3 Å². The van der Waals surface area contributed by atoms with Crippen LogP contribution < -0.4 is 5.32 Å². The van der Waals surface area contributed by atoms with Gasteiger partial charge in [0.25, 0.3) is 0 Å². The number of hydrogen-bond donors (Lipinski definition) is 2. The Morgan fingerprint density at radius 2 is 2.09 bits per heavy atom. The molecule has 1 heterocycles. The SMILES string of the molecule is C=CCCC[C@@H]1COC[C@H]1OC(=O)N[C@H](C(=O)O)C1CCCC1. The highest BCUT2D eigenvalue weighted by Gasteiger charge is 2.35. The zero-order valence-corrected chi connectivity index (χ0v) is 13.5. The van der Waals surface area contributed by atoms with Crippen LogP contribution in [0.1, 0.15) is 44.9 Å². The number of carbonyl (C=O) groups excluding carboxylic acids is 1. The molecule has 1 aliphatic carbocycles. The van der Waals surface area contributed by atoms with Crippen molar-refractivity contribution in [3.05, 3.63) is 12.7 Å². The van der Waals surface area contributed by atoms with Gasteiger partial charge in [-0.1, -0.05) is 18.9 Å². The van der Waals surface area contributed by atoms with Gasteiger partial charge in [-0.3, -0.25) is 0 Å². The van der Waals surface area contributed by atoms with Crippen LogP contribution in [0.15, 0.2) is 12.7 Å². The molecule has 1 amide bonds. The molecule has 2 aliphatic rings. The molecule has 6 heteroatoms. The number of alkyl carbamates (subject to hydrolysis) is 1. The molecule has 0 radical (unpaired) electrons. The Morgan fingerprint density at radius 3 is 2.74 bits per heavy atom. The van der Waals surface area contributed by atoms with Crippen LogP contribution in [0, 0.1) is 11.8 Å². The van der Waals surface area contributed by atoms with E-state index in [2.05, 4.69) is 11.9 Å². The predicted molar refractivity (Wildman–Crippen MR) is 85.1 cm³/mol. The molecule has 0 aromatic heterocycles. The van der Waals surface area contributed by atoms with E-state index in [9.17, 15) is 14.7 Å². The number of amides is 1. The van der Waals surface area contributed by atoms with Crippen molar-refractivity contribution in [2.75, 3.05) is 13.2 Å². The summed E-state index contributed by atoms with van der Waals surface area (Å²) in [6.07, 6.45) is 7.48. The van der Waals surface area contributed by atoms with Gasteiger partial charge in [-0.25, -0.2) is 9.59 Å². The number of unbranched alkanes of at least 4 members (excludes halogenated alkanes) is 1. The fourth-order valence-corrected chi connectivity index (χ4v) is 3.47. The first-order valence-corrected chi connectivity index (χ1v) is 8.50. The first-order valence-electron chi connectivity index (χ1n) is 8.50. The Labute approximate surface area is 137 Å². The van der Waals surface area contributed by atoms with Crippen molar-refractivity contribution in [1.29, 1.82) is 0 Å². The first kappa shape index (κ1) is 17.8. The number of ether oxygens (including phenoxy) is 2. The fourth-order valence-electron chi connectivity index (χ4n) is 3.47. The summed E-state index contributed by atoms with van der Waals surface area (Å²) in [7, 11) is 0. The minimum atomic E-state index is -0.987. The highest BCUT2D eigenvalue weighted by molar-refractivity contribution is 5.80. The summed E-state index contributed by atoms with van der Waals surface area (Å²) in [4.78, 5) is 23.5. The van der Waals surface area contributed by atoms with Crippen LogP contribution in [0.2, 0.25) is 0 Å². The minimum Gasteiger partial charge on any atom is -0.480 e. The van der Waals surface area contributed by atoms with E-state index in [4.69, 9.17) is 9.47 Å². The molecule has 2 N–H and O–H groups in total. The van der Waals surface area contributed by atoms with Gasteiger partial charge in [-0.2, -0.15) is 0 Å². The van der Waals surface area contributed by atoms with E-state index in [1.54, 1.807) is 0 Å². The molecule has 23 heavy (non-hydrogen) atoms. The molecule has 2 rings (SSSR count). The van der Waals surface area contributed by atoms with E-state index >= 15 is 0 Å². The average molecular weight is 325 g/mol. The first-order chi connectivity index (χ1) is 11.1. The lowest BCUT2D eigenvalue weighted by Gasteiger charge is -2.23. The Hall–Kier alpha value is -1.56. The topological polar surface area (TPSA) is 84.9 Å². The summed E-state index contributed by atoms with van der Waals surface area (Å²) in [6, 6.07) is -0.855. The summed E-state index contributed by atoms with van der Waals surface area (Å²) >= 11 is 0. The van der Waals surface area contributed by atoms with Crippen molar-refractivity contribution in [2.45, 2.75) is 57.1 Å². The maximum atomic E-state index is 12.1. The second kappa shape index (κ2) is 8.91. The molecule has 6 nitrogen and oxygen atoms in total. The van der Waals surface area contributed by atoms with Crippen molar-refractivity contribution in [3.8, 4) is 0 Å². The standard InChI is InChI=1S/C17H27NO5/c1-2-3-4-9-13-10-22-11-14(13)23-17(21)18-15(16(19)20)12-7-5-6-8-12/h2,12-15H,1,3-11H2,(H,18,21)(H,19,20)/t13-,14-,15+/m1/s1. The molecule has 130 valence electrons. The van der Waals surface area contributed by atoms with Crippen LogP contribution in [-0.4, -0.2) is 42.5 Å². The number of allylic oxidation sites excluding steroid dienone is 1. The molecule has 1 aliphatic heterocycles. The van der Waals surface area contributed by atoms with Crippen LogP contribution in [0.5, 0.6) is 0 Å². The number of rotatable bonds is 8. The third-order valence-electron chi connectivity index (χ3n) is 4.79. The van der Waals surface area contributed by atoms with Crippen molar-refractivity contribution in [2.24, 2.45) is 11.8 Å². The van der Waals surface area contributed by atoms with Crippen LogP contribution in [0.25, 0.3) is 0 Å². The maximum Gasteiger partial charge on any atom is 0.408 e. The average Bonchev–Trinajstić information content (AvgIpc) is 3.17. The van der Waals surface area contributed by atoms with E-state index in [0.29, 0.717) is 13.2 Å². The Kier molecular flexibility index (Phi) is 6.89. The van der Waals surface area contributed by atoms with Crippen molar-refractivity contribution in [1.82, 2.24) is 5.32 Å². The summed E-state index contributed by atoms with van der Waals surface area (Å²) in [6.45, 7) is 4.66. The lowest BCUT2D eigenvalue weighted by Crippen LogP contribution is -2.46. The van der Waals surface area contributed by atoms with Gasteiger partial charge in [-0.05, 0) is 38.0 Å². The monoisotopic (exact) mass is 325 g/mol. The Morgan fingerprint density at radius 1 is 1.35 bits per heavy atom. The number of carboxylic acid groups (broad SMARTS) is 1. The van der Waals surface area contributed by atoms with Crippen LogP contribution >= 0.6 is 0 Å². The summed E-state index contributed by atoms with van der Waals surface area (Å²) in [5, 5.41) is 11.9. The Bertz CT molecular complexity index is 419. The second-order valence-corrected chi connectivity index (χ2v) is 6.47. The van der Waals surface area contributed by atoms with Gasteiger partial charge in [0.1, 0.15) is 12.1 Å². The number of hydrogen-bond acceptors (Lipinski definition) is 4. The summed E-state index contributed by atoms with van der Waals surface area (Å²) in [5.74, 6) is -0.808. The molecule has 1 saturated heterocycles. The van der Waals surface area contributed by atoms with Crippen molar-refractivity contribution in [3.63, 3.8) is 0 Å². The third kappa shape index (κ3) is 5.23. The molecular formula is C17H27NO5. The summed E-state index contributed by atoms with van der Waals surface area (Å²) < 4.78 is 10.8. The number of carboxylic acids is 1. The van der Waals surface area contributed by atoms with Gasteiger partial charge in [-0.15, -0.1) is 6.58 Å². The van der Waals surface area contributed by atoms with E-state index in [1.165, 1.54) is 0 Å². The van der Waals surface area contributed by atoms with Gasteiger partial charge < -0.3 is 19.9 Å². The second-order valence-electron chi connectivity index (χ2n) is 6.47. The highest BCUT2D eigenvalue weighted by atomic mass is 16.6. The smallest absolute Gasteiger partial charge is 0.408 e. The summed E-state index contributed by atoms with van der Waals surface area (Å²) in [5.41, 5.74) is 0. The van der Waals surface area contributed by atoms with E-state index in [1.807, 2.05) is 6.08 Å². The fraction of sp³-hybridized carbons (Fsp3) is 0.765. The third-order valence-corrected chi connectivity index (χ3v) is 4.79. The molecule has 0 aromatic rings. The number of aliphatic carboxylic acids is 1. The molecule has 0 bridgehead atoms. The van der Waals surface area contributed by atoms with E-state index in [-0.39, 0.29) is 17.9 Å². The van der Waals surface area contributed by atoms with Gasteiger partial charge in [0.15, 0.2) is 0 Å². The molecular weight excluding hydrogens is 298 g/mol. The van der Waals surface area contributed by atoms with E-state index < -0.39 is 18.1 Å². The van der Waals surface area contributed by atoms with Crippen molar-refractivity contribution < 1.29 is 24.2 Å².